The summed E-state index contributed by atoms with van der Waals surface area (Å²) >= 11 is 0. The van der Waals surface area contributed by atoms with E-state index in [0.717, 1.165) is 46.7 Å². The Morgan fingerprint density at radius 3 is 1.00 bits per heavy atom. The minimum Gasteiger partial charge on any atom is -0.228 e. The zero-order valence-electron chi connectivity index (χ0n) is 60.3. The molecule has 2 heteroatoms. The van der Waals surface area contributed by atoms with Crippen molar-refractivity contribution in [2.75, 3.05) is 0 Å². The van der Waals surface area contributed by atoms with E-state index in [2.05, 4.69) is 248 Å². The van der Waals surface area contributed by atoms with E-state index in [-0.39, 0.29) is 10.8 Å². The van der Waals surface area contributed by atoms with Gasteiger partial charge in [-0.3, -0.25) is 0 Å². The molecule has 2 aliphatic carbocycles. The summed E-state index contributed by atoms with van der Waals surface area (Å²) in [4.78, 5) is 11.2. The summed E-state index contributed by atoms with van der Waals surface area (Å²) < 4.78 is 0. The number of fused-ring (bicyclic) bond motifs is 8. The van der Waals surface area contributed by atoms with Crippen LogP contribution in [0.3, 0.4) is 0 Å². The van der Waals surface area contributed by atoms with E-state index < -0.39 is 0 Å². The van der Waals surface area contributed by atoms with Crippen LogP contribution < -0.4 is 0 Å². The molecule has 11 aromatic rings. The molecule has 502 valence electrons. The minimum absolute atomic E-state index is 0.0486. The quantitative estimate of drug-likeness (QED) is 0.0297. The van der Waals surface area contributed by atoms with Crippen molar-refractivity contribution in [3.8, 4) is 89.5 Å². The summed E-state index contributed by atoms with van der Waals surface area (Å²) in [5.41, 5.74) is 27.0. The Kier molecular flexibility index (Phi) is 22.5. The van der Waals surface area contributed by atoms with Gasteiger partial charge in [0.25, 0.3) is 0 Å². The van der Waals surface area contributed by atoms with Crippen LogP contribution in [0, 0.1) is 13.8 Å². The topological polar surface area (TPSA) is 25.8 Å². The van der Waals surface area contributed by atoms with Crippen LogP contribution in [0.1, 0.15) is 241 Å². The molecule has 0 atom stereocenters. The Balaban J connectivity index is 0.981. The second-order valence-electron chi connectivity index (χ2n) is 29.8. The van der Waals surface area contributed by atoms with Crippen LogP contribution in [0.15, 0.2) is 206 Å². The number of hydrogen-bond donors (Lipinski definition) is 0. The summed E-state index contributed by atoms with van der Waals surface area (Å²) in [6.45, 7) is 13.9. The molecule has 0 spiro atoms. The van der Waals surface area contributed by atoms with Gasteiger partial charge in [0.1, 0.15) is 0 Å². The molecule has 2 nitrogen and oxygen atoms in total. The van der Waals surface area contributed by atoms with Gasteiger partial charge in [0.2, 0.25) is 0 Å². The minimum atomic E-state index is -0.141. The fourth-order valence-electron chi connectivity index (χ4n) is 17.3. The van der Waals surface area contributed by atoms with Gasteiger partial charge in [0.05, 0.1) is 11.4 Å². The largest absolute Gasteiger partial charge is 0.228 e. The van der Waals surface area contributed by atoms with Gasteiger partial charge in [0, 0.05) is 27.5 Å². The number of nitrogens with zero attached hydrogens (tertiary/aromatic N) is 2. The van der Waals surface area contributed by atoms with E-state index in [1.54, 1.807) is 5.56 Å². The fraction of sp³-hybridized carbons (Fsp3) is 0.375. The van der Waals surface area contributed by atoms with Crippen molar-refractivity contribution < 1.29 is 0 Å². The lowest BCUT2D eigenvalue weighted by molar-refractivity contribution is 0.398. The Morgan fingerprint density at radius 1 is 0.235 bits per heavy atom. The monoisotopic (exact) mass is 1290 g/mol. The molecule has 0 aliphatic heterocycles. The standard InChI is InChI=1S/C96H108N2/c1-7-11-15-19-23-33-53-95(54-34-24-20-16-12-8-2)88-58-70(6)42-49-84(88)85-51-47-77(66-90(85)95)81-62-82(64-83(63-81)94-97-92(71-37-29-27-30-38-71)68-93(98-94)72-39-31-28-32-40-72)78-48-52-87-86-50-46-76(73-44-45-75-60-79-57-69(5)41-43-74(79)61-80(75)59-73)65-89(86)96(91(87)67-78,55-35-25-21-17-13-9-3)56-36-26-22-18-14-10-4/h27-32,37-52,57-68H,7-26,33-36,53-56H2,1-6H3. The van der Waals surface area contributed by atoms with Crippen molar-refractivity contribution in [3.63, 3.8) is 0 Å². The van der Waals surface area contributed by atoms with E-state index in [1.165, 1.54) is 272 Å². The van der Waals surface area contributed by atoms with Gasteiger partial charge in [0.15, 0.2) is 5.82 Å². The zero-order chi connectivity index (χ0) is 67.3. The summed E-state index contributed by atoms with van der Waals surface area (Å²) in [6, 6.07) is 80.2. The fourth-order valence-corrected chi connectivity index (χ4v) is 17.3. The lowest BCUT2D eigenvalue weighted by Gasteiger charge is -2.33. The van der Waals surface area contributed by atoms with Crippen molar-refractivity contribution in [1.82, 2.24) is 9.97 Å². The predicted molar refractivity (Wildman–Crippen MR) is 424 cm³/mol. The summed E-state index contributed by atoms with van der Waals surface area (Å²) in [7, 11) is 0. The Morgan fingerprint density at radius 2 is 0.561 bits per heavy atom. The Hall–Kier alpha value is -8.20. The highest BCUT2D eigenvalue weighted by atomic mass is 14.9. The highest BCUT2D eigenvalue weighted by molar-refractivity contribution is 6.00. The van der Waals surface area contributed by atoms with E-state index in [0.29, 0.717) is 0 Å². The maximum Gasteiger partial charge on any atom is 0.160 e. The maximum absolute atomic E-state index is 5.59. The van der Waals surface area contributed by atoms with Gasteiger partial charge < -0.3 is 0 Å². The molecular weight excluding hydrogens is 1180 g/mol. The third kappa shape index (κ3) is 15.0. The smallest absolute Gasteiger partial charge is 0.160 e. The normalized spacial score (nSPS) is 13.3. The van der Waals surface area contributed by atoms with Crippen LogP contribution in [0.25, 0.3) is 111 Å². The van der Waals surface area contributed by atoms with Crippen molar-refractivity contribution in [2.24, 2.45) is 0 Å². The average Bonchev–Trinajstić information content (AvgIpc) is 1.56. The van der Waals surface area contributed by atoms with E-state index in [4.69, 9.17) is 9.97 Å². The van der Waals surface area contributed by atoms with Gasteiger partial charge in [-0.15, -0.1) is 0 Å². The van der Waals surface area contributed by atoms with Crippen LogP contribution in [0.2, 0.25) is 0 Å². The number of aromatic nitrogens is 2. The molecule has 0 radical (unpaired) electrons. The highest BCUT2D eigenvalue weighted by Crippen LogP contribution is 2.58. The zero-order valence-corrected chi connectivity index (χ0v) is 60.3. The van der Waals surface area contributed by atoms with E-state index >= 15 is 0 Å². The maximum atomic E-state index is 5.59. The Bertz CT molecular complexity index is 4400. The van der Waals surface area contributed by atoms with Crippen molar-refractivity contribution in [3.05, 3.63) is 240 Å². The van der Waals surface area contributed by atoms with Crippen molar-refractivity contribution >= 4 is 21.5 Å². The predicted octanol–water partition coefficient (Wildman–Crippen LogP) is 28.9. The summed E-state index contributed by atoms with van der Waals surface area (Å²) in [5.74, 6) is 0.747. The van der Waals surface area contributed by atoms with E-state index in [1.807, 2.05) is 0 Å². The molecule has 0 N–H and O–H groups in total. The van der Waals surface area contributed by atoms with Gasteiger partial charge in [-0.2, -0.15) is 0 Å². The molecule has 0 saturated carbocycles. The van der Waals surface area contributed by atoms with Crippen LogP contribution in [-0.4, -0.2) is 9.97 Å². The van der Waals surface area contributed by atoms with Crippen molar-refractivity contribution in [1.29, 1.82) is 0 Å². The molecule has 1 aromatic heterocycles. The molecular formula is C96H108N2. The molecule has 0 saturated heterocycles. The van der Waals surface area contributed by atoms with Gasteiger partial charge in [-0.05, 0) is 200 Å². The van der Waals surface area contributed by atoms with Crippen LogP contribution in [0.5, 0.6) is 0 Å². The Labute approximate surface area is 589 Å². The molecule has 98 heavy (non-hydrogen) atoms. The first-order valence-corrected chi connectivity index (χ1v) is 38.9. The van der Waals surface area contributed by atoms with E-state index in [9.17, 15) is 0 Å². The first-order chi connectivity index (χ1) is 48.2. The lowest BCUT2D eigenvalue weighted by atomic mass is 9.69. The average molecular weight is 1290 g/mol. The third-order valence-electron chi connectivity index (χ3n) is 22.7. The number of benzene rings is 10. The number of rotatable bonds is 34. The van der Waals surface area contributed by atoms with Gasteiger partial charge in [-0.1, -0.05) is 339 Å². The van der Waals surface area contributed by atoms with Gasteiger partial charge >= 0.3 is 0 Å². The molecule has 0 amide bonds. The highest BCUT2D eigenvalue weighted by Gasteiger charge is 2.44. The number of hydrogen-bond acceptors (Lipinski definition) is 2. The van der Waals surface area contributed by atoms with Crippen LogP contribution >= 0.6 is 0 Å². The molecule has 0 fully saturated rings. The second kappa shape index (κ2) is 32.2. The first kappa shape index (κ1) is 68.3. The molecule has 13 rings (SSSR count). The molecule has 2 aliphatic rings. The summed E-state index contributed by atoms with van der Waals surface area (Å²) in [6.07, 6.45) is 35.6. The second-order valence-corrected chi connectivity index (χ2v) is 29.8. The van der Waals surface area contributed by atoms with Crippen LogP contribution in [-0.2, 0) is 10.8 Å². The first-order valence-electron chi connectivity index (χ1n) is 38.9. The SMILES string of the molecule is CCCCCCCCC1(CCCCCCCC)c2cc(C)ccc2-c2ccc(-c3cc(-c4ccc5c(c4)C(CCCCCCCC)(CCCCCCCC)c4cc(-c6ccc7cc8cc(C)ccc8cc7c6)ccc4-5)cc(-c4nc(-c5ccccc5)cc(-c5ccccc5)n4)c3)cc21. The molecule has 0 bridgehead atoms. The molecule has 1 heterocycles. The van der Waals surface area contributed by atoms with Crippen LogP contribution in [0.4, 0.5) is 0 Å². The number of aryl methyl sites for hydroxylation is 2. The van der Waals surface area contributed by atoms with Gasteiger partial charge in [-0.25, -0.2) is 9.97 Å². The third-order valence-corrected chi connectivity index (χ3v) is 22.7. The number of unbranched alkanes of at least 4 members (excludes halogenated alkanes) is 20. The molecule has 0 unspecified atom stereocenters. The van der Waals surface area contributed by atoms with Crippen molar-refractivity contribution in [2.45, 2.75) is 232 Å². The summed E-state index contributed by atoms with van der Waals surface area (Å²) in [5, 5.41) is 5.20. The lowest BCUT2D eigenvalue weighted by Crippen LogP contribution is -2.25. The molecule has 10 aromatic carbocycles.